The van der Waals surface area contributed by atoms with Crippen molar-refractivity contribution in [1.82, 2.24) is 14.5 Å². The Morgan fingerprint density at radius 2 is 2.00 bits per heavy atom. The van der Waals surface area contributed by atoms with Crippen LogP contribution in [0.5, 0.6) is 0 Å². The molecule has 4 aromatic rings. The van der Waals surface area contributed by atoms with Crippen LogP contribution < -0.4 is 15.1 Å². The second-order valence-electron chi connectivity index (χ2n) is 5.68. The van der Waals surface area contributed by atoms with Gasteiger partial charge in [0.2, 0.25) is 12.4 Å². The summed E-state index contributed by atoms with van der Waals surface area (Å²) in [6.45, 7) is 1.99. The lowest BCUT2D eigenvalue weighted by Gasteiger charge is -2.02. The zero-order valence-corrected chi connectivity index (χ0v) is 14.7. The summed E-state index contributed by atoms with van der Waals surface area (Å²) >= 11 is 0. The van der Waals surface area contributed by atoms with Crippen LogP contribution in [0.4, 0.5) is 4.39 Å². The zero-order valence-electron chi connectivity index (χ0n) is 14.7. The Kier molecular flexibility index (Phi) is 4.88. The number of aromatic nitrogens is 4. The molecule has 0 atom stereocenters. The van der Waals surface area contributed by atoms with Crippen molar-refractivity contribution < 1.29 is 14.0 Å². The Hall–Kier alpha value is -3.35. The molecular formula is C19H18FN4O2+. The molecule has 0 saturated carbocycles. The van der Waals surface area contributed by atoms with Gasteiger partial charge in [0, 0.05) is 24.0 Å². The van der Waals surface area contributed by atoms with Crippen LogP contribution in [0.2, 0.25) is 0 Å². The van der Waals surface area contributed by atoms with Crippen LogP contribution in [0, 0.1) is 12.7 Å². The molecule has 7 heteroatoms. The summed E-state index contributed by atoms with van der Waals surface area (Å²) in [5.41, 5.74) is 1.90. The Labute approximate surface area is 149 Å². The summed E-state index contributed by atoms with van der Waals surface area (Å²) in [7, 11) is 3.23. The quantitative estimate of drug-likeness (QED) is 0.491. The van der Waals surface area contributed by atoms with E-state index in [1.54, 1.807) is 25.0 Å². The smallest absolute Gasteiger partial charge is 0.269 e. The Bertz CT molecular complexity index is 1140. The van der Waals surface area contributed by atoms with Crippen molar-refractivity contribution in [3.05, 3.63) is 77.0 Å². The maximum atomic E-state index is 12.8. The van der Waals surface area contributed by atoms with Crippen molar-refractivity contribution >= 4 is 21.8 Å². The van der Waals surface area contributed by atoms with Crippen molar-refractivity contribution in [2.24, 2.45) is 7.05 Å². The van der Waals surface area contributed by atoms with E-state index in [0.717, 1.165) is 11.1 Å². The summed E-state index contributed by atoms with van der Waals surface area (Å²) in [5, 5.41) is 2.30. The van der Waals surface area contributed by atoms with Crippen molar-refractivity contribution in [1.29, 1.82) is 0 Å². The molecule has 0 aliphatic rings. The number of nitrogens with zero attached hydrogens (tertiary/aromatic N) is 4. The minimum absolute atomic E-state index is 0.238. The first kappa shape index (κ1) is 17.5. The summed E-state index contributed by atoms with van der Waals surface area (Å²) in [6, 6.07) is 8.16. The molecule has 0 aliphatic carbocycles. The number of rotatable bonds is 1. The lowest BCUT2D eigenvalue weighted by Crippen LogP contribution is -2.39. The molecule has 0 amide bonds. The predicted molar refractivity (Wildman–Crippen MR) is 96.1 cm³/mol. The predicted octanol–water partition coefficient (Wildman–Crippen LogP) is 1.96. The molecule has 0 unspecified atom stereocenters. The molecule has 0 N–H and O–H groups in total. The molecule has 3 heterocycles. The molecule has 3 aromatic heterocycles. The van der Waals surface area contributed by atoms with Crippen LogP contribution in [-0.2, 0) is 7.05 Å². The summed E-state index contributed by atoms with van der Waals surface area (Å²) in [5.74, 6) is -0.365. The number of halogens is 1. The molecule has 0 fully saturated rings. The highest BCUT2D eigenvalue weighted by Gasteiger charge is 2.04. The van der Waals surface area contributed by atoms with Gasteiger partial charge in [-0.05, 0) is 36.6 Å². The normalized spacial score (nSPS) is 10.5. The first-order valence-corrected chi connectivity index (χ1v) is 7.92. The first-order valence-electron chi connectivity index (χ1n) is 7.92. The van der Waals surface area contributed by atoms with E-state index in [-0.39, 0.29) is 11.4 Å². The lowest BCUT2D eigenvalue weighted by atomic mass is 10.2. The van der Waals surface area contributed by atoms with E-state index in [0.29, 0.717) is 11.0 Å². The van der Waals surface area contributed by atoms with Gasteiger partial charge in [-0.15, -0.1) is 0 Å². The molecule has 132 valence electrons. The molecule has 0 spiro atoms. The van der Waals surface area contributed by atoms with Gasteiger partial charge in [0.15, 0.2) is 0 Å². The van der Waals surface area contributed by atoms with Crippen molar-refractivity contribution in [3.63, 3.8) is 0 Å². The lowest BCUT2D eigenvalue weighted by molar-refractivity contribution is -0.884. The summed E-state index contributed by atoms with van der Waals surface area (Å²) in [4.78, 5) is 24.3. The van der Waals surface area contributed by atoms with E-state index in [1.165, 1.54) is 28.3 Å². The highest BCUT2D eigenvalue weighted by Crippen LogP contribution is 2.12. The van der Waals surface area contributed by atoms with E-state index < -0.39 is 0 Å². The van der Waals surface area contributed by atoms with E-state index in [9.17, 15) is 9.18 Å². The fourth-order valence-electron chi connectivity index (χ4n) is 2.55. The second-order valence-corrected chi connectivity index (χ2v) is 5.68. The van der Waals surface area contributed by atoms with E-state index in [4.69, 9.17) is 4.84 Å². The van der Waals surface area contributed by atoms with Gasteiger partial charge >= 0.3 is 0 Å². The Balaban J connectivity index is 0.000000151. The van der Waals surface area contributed by atoms with E-state index in [1.807, 2.05) is 37.6 Å². The van der Waals surface area contributed by atoms with Gasteiger partial charge in [-0.25, -0.2) is 9.37 Å². The number of fused-ring (bicyclic) bond motifs is 2. The van der Waals surface area contributed by atoms with E-state index in [2.05, 4.69) is 9.97 Å². The van der Waals surface area contributed by atoms with Gasteiger partial charge in [0.25, 0.3) is 5.56 Å². The number of hydrogen-bond acceptors (Lipinski definition) is 4. The third-order valence-corrected chi connectivity index (χ3v) is 4.03. The minimum Gasteiger partial charge on any atom is -0.308 e. The second kappa shape index (κ2) is 7.26. The first-order chi connectivity index (χ1) is 12.5. The molecule has 6 nitrogen and oxygen atoms in total. The maximum Gasteiger partial charge on any atom is 0.269 e. The molecule has 0 aliphatic heterocycles. The maximum absolute atomic E-state index is 12.8. The van der Waals surface area contributed by atoms with Gasteiger partial charge in [-0.1, -0.05) is 0 Å². The molecule has 4 rings (SSSR count). The highest BCUT2D eigenvalue weighted by atomic mass is 19.1. The Morgan fingerprint density at radius 1 is 1.19 bits per heavy atom. The monoisotopic (exact) mass is 353 g/mol. The van der Waals surface area contributed by atoms with Crippen LogP contribution in [0.15, 0.2) is 59.9 Å². The van der Waals surface area contributed by atoms with Gasteiger partial charge in [0.05, 0.1) is 28.3 Å². The van der Waals surface area contributed by atoms with Gasteiger partial charge in [0.1, 0.15) is 12.9 Å². The summed E-state index contributed by atoms with van der Waals surface area (Å²) < 4.78 is 15.8. The van der Waals surface area contributed by atoms with Crippen LogP contribution in [-0.4, -0.2) is 21.6 Å². The largest absolute Gasteiger partial charge is 0.308 e. The molecule has 0 saturated heterocycles. The number of hydrogen-bond donors (Lipinski definition) is 0. The van der Waals surface area contributed by atoms with Crippen molar-refractivity contribution in [2.75, 3.05) is 7.11 Å². The van der Waals surface area contributed by atoms with Crippen LogP contribution >= 0.6 is 0 Å². The number of benzene rings is 1. The number of aryl methyl sites for hydroxylation is 2. The minimum atomic E-state index is -0.365. The molecule has 0 bridgehead atoms. The third kappa shape index (κ3) is 3.51. The molecule has 1 aromatic carbocycles. The van der Waals surface area contributed by atoms with E-state index >= 15 is 0 Å². The van der Waals surface area contributed by atoms with Gasteiger partial charge in [-0.2, -0.15) is 0 Å². The highest BCUT2D eigenvalue weighted by molar-refractivity contribution is 5.82. The van der Waals surface area contributed by atoms with Gasteiger partial charge < -0.3 is 4.57 Å². The van der Waals surface area contributed by atoms with Crippen LogP contribution in [0.1, 0.15) is 5.69 Å². The molecule has 0 radical (unpaired) electrons. The molecular weight excluding hydrogens is 335 g/mol. The summed E-state index contributed by atoms with van der Waals surface area (Å²) in [6.07, 6.45) is 6.84. The van der Waals surface area contributed by atoms with Crippen LogP contribution in [0.25, 0.3) is 21.8 Å². The topological polar surface area (TPSA) is 60.9 Å². The SMILES string of the molecule is CO[n+]1ccc2ccnc(C)c2c1.Cn1c(=O)cnc2ccc(F)cc21. The van der Waals surface area contributed by atoms with Crippen molar-refractivity contribution in [3.8, 4) is 0 Å². The Morgan fingerprint density at radius 3 is 2.77 bits per heavy atom. The van der Waals surface area contributed by atoms with Crippen LogP contribution in [0.3, 0.4) is 0 Å². The average Bonchev–Trinajstić information content (AvgIpc) is 2.66. The third-order valence-electron chi connectivity index (χ3n) is 4.03. The number of pyridine rings is 2. The fourth-order valence-corrected chi connectivity index (χ4v) is 2.55. The zero-order chi connectivity index (χ0) is 18.7. The average molecular weight is 353 g/mol. The molecule has 26 heavy (non-hydrogen) atoms. The van der Waals surface area contributed by atoms with Gasteiger partial charge in [-0.3, -0.25) is 14.6 Å². The van der Waals surface area contributed by atoms with Crippen molar-refractivity contribution in [2.45, 2.75) is 6.92 Å². The fraction of sp³-hybridized carbons (Fsp3) is 0.158. The standard InChI is InChI=1S/C10H11N2O.C9H7FN2O/c1-8-10-7-12(13-2)6-4-9(10)3-5-11-8;1-12-8-4-6(10)2-3-7(8)11-5-9(12)13/h3-7H,1-2H3;2-5H,1H3/q+1;.